The molecule has 1 aliphatic rings. The number of pyridine rings is 1. The van der Waals surface area contributed by atoms with Gasteiger partial charge in [-0.3, -0.25) is 4.98 Å². The van der Waals surface area contributed by atoms with Crippen molar-refractivity contribution in [2.75, 3.05) is 12.4 Å². The summed E-state index contributed by atoms with van der Waals surface area (Å²) in [5, 5.41) is 3.64. The number of nitrogens with zero attached hydrogens (tertiary/aromatic N) is 1. The second kappa shape index (κ2) is 5.76. The Morgan fingerprint density at radius 1 is 1.29 bits per heavy atom. The molecule has 110 valence electrons. The number of rotatable bonds is 3. The number of hydrogen-bond acceptors (Lipinski definition) is 3. The number of para-hydroxylation sites is 1. The zero-order valence-corrected chi connectivity index (χ0v) is 12.9. The first-order chi connectivity index (χ1) is 10.2. The summed E-state index contributed by atoms with van der Waals surface area (Å²) >= 11 is 0. The third-order valence-electron chi connectivity index (χ3n) is 4.33. The highest BCUT2D eigenvalue weighted by molar-refractivity contribution is 5.54. The van der Waals surface area contributed by atoms with Crippen LogP contribution in [0.1, 0.15) is 28.8 Å². The quantitative estimate of drug-likeness (QED) is 0.932. The van der Waals surface area contributed by atoms with Crippen LogP contribution in [0.5, 0.6) is 5.75 Å². The lowest BCUT2D eigenvalue weighted by molar-refractivity contribution is 0.406. The Labute approximate surface area is 126 Å². The monoisotopic (exact) mass is 282 g/mol. The van der Waals surface area contributed by atoms with Crippen LogP contribution in [-0.2, 0) is 12.8 Å². The first-order valence-electron chi connectivity index (χ1n) is 7.52. The zero-order valence-electron chi connectivity index (χ0n) is 12.9. The Bertz CT molecular complexity index is 652. The summed E-state index contributed by atoms with van der Waals surface area (Å²) in [6, 6.07) is 9.01. The van der Waals surface area contributed by atoms with Crippen molar-refractivity contribution in [3.8, 4) is 5.75 Å². The molecule has 1 atom stereocenters. The summed E-state index contributed by atoms with van der Waals surface area (Å²) in [7, 11) is 1.73. The van der Waals surface area contributed by atoms with Crippen LogP contribution in [0.4, 0.5) is 5.69 Å². The summed E-state index contributed by atoms with van der Waals surface area (Å²) in [5.74, 6) is 0.969. The van der Waals surface area contributed by atoms with E-state index in [1.165, 1.54) is 11.3 Å². The highest BCUT2D eigenvalue weighted by atomic mass is 16.5. The molecule has 0 aliphatic carbocycles. The Morgan fingerprint density at radius 2 is 2.10 bits per heavy atom. The van der Waals surface area contributed by atoms with E-state index in [4.69, 9.17) is 4.74 Å². The molecule has 3 nitrogen and oxygen atoms in total. The molecular weight excluding hydrogens is 260 g/mol. The Morgan fingerprint density at radius 3 is 2.90 bits per heavy atom. The van der Waals surface area contributed by atoms with E-state index >= 15 is 0 Å². The normalized spacial score (nSPS) is 17.0. The van der Waals surface area contributed by atoms with Crippen LogP contribution in [0.2, 0.25) is 0 Å². The van der Waals surface area contributed by atoms with Gasteiger partial charge in [0.05, 0.1) is 7.11 Å². The molecule has 1 aromatic heterocycles. The van der Waals surface area contributed by atoms with Gasteiger partial charge in [0.25, 0.3) is 0 Å². The van der Waals surface area contributed by atoms with Gasteiger partial charge in [-0.15, -0.1) is 0 Å². The minimum atomic E-state index is 0.443. The molecule has 0 amide bonds. The average molecular weight is 282 g/mol. The van der Waals surface area contributed by atoms with Gasteiger partial charge in [-0.25, -0.2) is 0 Å². The zero-order chi connectivity index (χ0) is 14.8. The van der Waals surface area contributed by atoms with Crippen LogP contribution < -0.4 is 10.1 Å². The van der Waals surface area contributed by atoms with E-state index in [9.17, 15) is 0 Å². The molecule has 0 saturated carbocycles. The summed E-state index contributed by atoms with van der Waals surface area (Å²) < 4.78 is 5.50. The summed E-state index contributed by atoms with van der Waals surface area (Å²) in [5.41, 5.74) is 6.08. The number of fused-ring (bicyclic) bond motifs is 1. The van der Waals surface area contributed by atoms with Crippen LogP contribution in [0.3, 0.4) is 0 Å². The van der Waals surface area contributed by atoms with Crippen molar-refractivity contribution in [1.29, 1.82) is 0 Å². The van der Waals surface area contributed by atoms with Crippen molar-refractivity contribution in [1.82, 2.24) is 4.98 Å². The van der Waals surface area contributed by atoms with Crippen molar-refractivity contribution in [2.45, 2.75) is 39.2 Å². The van der Waals surface area contributed by atoms with E-state index in [2.05, 4.69) is 41.5 Å². The van der Waals surface area contributed by atoms with Crippen molar-refractivity contribution in [2.24, 2.45) is 0 Å². The predicted octanol–water partition coefficient (Wildman–Crippen LogP) is 3.68. The van der Waals surface area contributed by atoms with Crippen LogP contribution >= 0.6 is 0 Å². The van der Waals surface area contributed by atoms with Gasteiger partial charge in [0.1, 0.15) is 5.75 Å². The molecule has 3 rings (SSSR count). The van der Waals surface area contributed by atoms with Gasteiger partial charge in [-0.05, 0) is 38.3 Å². The van der Waals surface area contributed by atoms with E-state index < -0.39 is 0 Å². The van der Waals surface area contributed by atoms with Crippen molar-refractivity contribution in [3.63, 3.8) is 0 Å². The van der Waals surface area contributed by atoms with Crippen LogP contribution in [0, 0.1) is 13.8 Å². The SMILES string of the molecule is COc1c(C)cnc(CC2CCc3ccccc3N2)c1C. The molecule has 0 fully saturated rings. The Kier molecular flexibility index (Phi) is 3.82. The average Bonchev–Trinajstić information content (AvgIpc) is 2.50. The van der Waals surface area contributed by atoms with E-state index in [0.29, 0.717) is 6.04 Å². The maximum absolute atomic E-state index is 5.50. The number of aromatic nitrogens is 1. The van der Waals surface area contributed by atoms with Gasteiger partial charge in [0.2, 0.25) is 0 Å². The highest BCUT2D eigenvalue weighted by Crippen LogP contribution is 2.28. The summed E-state index contributed by atoms with van der Waals surface area (Å²) in [6.45, 7) is 4.14. The Hall–Kier alpha value is -2.03. The standard InChI is InChI=1S/C18H22N2O/c1-12-11-19-17(13(2)18(12)21-3)10-15-9-8-14-6-4-5-7-16(14)20-15/h4-7,11,15,20H,8-10H2,1-3H3. The molecule has 1 aromatic carbocycles. The minimum Gasteiger partial charge on any atom is -0.496 e. The van der Waals surface area contributed by atoms with Crippen molar-refractivity contribution >= 4 is 5.69 Å². The van der Waals surface area contributed by atoms with Crippen molar-refractivity contribution < 1.29 is 4.74 Å². The first-order valence-corrected chi connectivity index (χ1v) is 7.52. The van der Waals surface area contributed by atoms with Crippen LogP contribution in [-0.4, -0.2) is 18.1 Å². The predicted molar refractivity (Wildman–Crippen MR) is 86.1 cm³/mol. The number of hydrogen-bond donors (Lipinski definition) is 1. The fourth-order valence-corrected chi connectivity index (χ4v) is 3.16. The van der Waals surface area contributed by atoms with Gasteiger partial charge in [0.15, 0.2) is 0 Å². The molecule has 0 radical (unpaired) electrons. The molecule has 0 saturated heterocycles. The van der Waals surface area contributed by atoms with Gasteiger partial charge in [0, 0.05) is 41.2 Å². The van der Waals surface area contributed by atoms with E-state index in [0.717, 1.165) is 41.8 Å². The lowest BCUT2D eigenvalue weighted by atomic mass is 9.94. The highest BCUT2D eigenvalue weighted by Gasteiger charge is 2.20. The number of anilines is 1. The van der Waals surface area contributed by atoms with E-state index in [1.807, 2.05) is 13.1 Å². The second-order valence-electron chi connectivity index (χ2n) is 5.79. The number of benzene rings is 1. The maximum atomic E-state index is 5.50. The maximum Gasteiger partial charge on any atom is 0.128 e. The summed E-state index contributed by atoms with van der Waals surface area (Å²) in [4.78, 5) is 4.62. The molecule has 3 heteroatoms. The molecule has 21 heavy (non-hydrogen) atoms. The molecule has 0 bridgehead atoms. The number of aryl methyl sites for hydroxylation is 2. The number of methoxy groups -OCH3 is 1. The second-order valence-corrected chi connectivity index (χ2v) is 5.79. The smallest absolute Gasteiger partial charge is 0.128 e. The van der Waals surface area contributed by atoms with E-state index in [1.54, 1.807) is 7.11 Å². The molecule has 2 aromatic rings. The molecule has 2 heterocycles. The topological polar surface area (TPSA) is 34.1 Å². The third kappa shape index (κ3) is 2.73. The molecule has 1 unspecified atom stereocenters. The first kappa shape index (κ1) is 13.9. The van der Waals surface area contributed by atoms with Gasteiger partial charge in [-0.1, -0.05) is 18.2 Å². The largest absolute Gasteiger partial charge is 0.496 e. The molecule has 1 N–H and O–H groups in total. The lowest BCUT2D eigenvalue weighted by Gasteiger charge is -2.27. The fourth-order valence-electron chi connectivity index (χ4n) is 3.16. The van der Waals surface area contributed by atoms with Gasteiger partial charge in [-0.2, -0.15) is 0 Å². The molecule has 0 spiro atoms. The number of nitrogens with one attached hydrogen (secondary N) is 1. The van der Waals surface area contributed by atoms with Gasteiger partial charge < -0.3 is 10.1 Å². The van der Waals surface area contributed by atoms with Gasteiger partial charge >= 0.3 is 0 Å². The van der Waals surface area contributed by atoms with Crippen LogP contribution in [0.15, 0.2) is 30.5 Å². The molecule has 1 aliphatic heterocycles. The molecular formula is C18H22N2O. The van der Waals surface area contributed by atoms with Crippen molar-refractivity contribution in [3.05, 3.63) is 52.8 Å². The Balaban J connectivity index is 1.80. The number of ether oxygens (including phenoxy) is 1. The minimum absolute atomic E-state index is 0.443. The summed E-state index contributed by atoms with van der Waals surface area (Å²) in [6.07, 6.45) is 5.14. The lowest BCUT2D eigenvalue weighted by Crippen LogP contribution is -2.28. The fraction of sp³-hybridized carbons (Fsp3) is 0.389. The van der Waals surface area contributed by atoms with Crippen LogP contribution in [0.25, 0.3) is 0 Å². The third-order valence-corrected chi connectivity index (χ3v) is 4.33. The van der Waals surface area contributed by atoms with E-state index in [-0.39, 0.29) is 0 Å².